The number of ether oxygens (including phenoxy) is 3. The van der Waals surface area contributed by atoms with E-state index in [4.69, 9.17) is 19.9 Å². The van der Waals surface area contributed by atoms with E-state index in [2.05, 4.69) is 0 Å². The predicted molar refractivity (Wildman–Crippen MR) is 107 cm³/mol. The van der Waals surface area contributed by atoms with Crippen LogP contribution in [0.2, 0.25) is 0 Å². The molecule has 0 aliphatic heterocycles. The van der Waals surface area contributed by atoms with Crippen molar-refractivity contribution in [3.8, 4) is 11.5 Å². The number of hydrogen-bond donors (Lipinski definition) is 2. The van der Waals surface area contributed by atoms with Gasteiger partial charge in [0.25, 0.3) is 0 Å². The molecule has 9 heteroatoms. The number of nitrogens with two attached hydrogens (primary N) is 1. The zero-order valence-corrected chi connectivity index (χ0v) is 17.7. The Hall–Kier alpha value is -2.94. The van der Waals surface area contributed by atoms with Crippen molar-refractivity contribution in [3.05, 3.63) is 23.8 Å². The maximum Gasteiger partial charge on any atom is 0.321 e. The molecule has 3 N–H and O–H groups in total. The van der Waals surface area contributed by atoms with E-state index in [1.807, 2.05) is 0 Å². The number of rotatable bonds is 11. The lowest BCUT2D eigenvalue weighted by atomic mass is 9.87. The Morgan fingerprint density at radius 2 is 1.47 bits per heavy atom. The maximum atomic E-state index is 11.8. The van der Waals surface area contributed by atoms with Crippen LogP contribution in [0, 0.1) is 0 Å². The van der Waals surface area contributed by atoms with Gasteiger partial charge in [0.15, 0.2) is 11.5 Å². The number of carbonyl (C=O) groups is 4. The van der Waals surface area contributed by atoms with Crippen LogP contribution in [0.1, 0.15) is 64.9 Å². The zero-order chi connectivity index (χ0) is 22.8. The lowest BCUT2D eigenvalue weighted by Crippen LogP contribution is -2.38. The first-order chi connectivity index (χ1) is 14.1. The fraction of sp³-hybridized carbons (Fsp3) is 0.524. The molecule has 166 valence electrons. The van der Waals surface area contributed by atoms with Crippen molar-refractivity contribution in [1.82, 2.24) is 0 Å². The molecule has 1 rings (SSSR count). The Balaban J connectivity index is 3.31. The molecule has 9 nitrogen and oxygen atoms in total. The standard InChI is InChI=1S/C21H29NO8/c1-5-17(23)28-12(4)10-14(20(22)21(26)27)13-8-9-15(29-18(24)6-2)16(11-13)30-19(25)7-3/h8-9,11-12,14,20H,5-7,10,22H2,1-4H3,(H,26,27)/t12?,14?,20-/m0/s1. The Bertz CT molecular complexity index is 776. The van der Waals surface area contributed by atoms with E-state index in [0.29, 0.717) is 5.56 Å². The second-order valence-corrected chi connectivity index (χ2v) is 6.72. The highest BCUT2D eigenvalue weighted by molar-refractivity contribution is 5.77. The Kier molecular flexibility index (Phi) is 9.97. The van der Waals surface area contributed by atoms with Crippen LogP contribution in [0.5, 0.6) is 11.5 Å². The van der Waals surface area contributed by atoms with E-state index in [0.717, 1.165) is 0 Å². The van der Waals surface area contributed by atoms with Crippen LogP contribution >= 0.6 is 0 Å². The number of carbonyl (C=O) groups excluding carboxylic acids is 3. The van der Waals surface area contributed by atoms with Gasteiger partial charge in [-0.2, -0.15) is 0 Å². The molecule has 3 atom stereocenters. The predicted octanol–water partition coefficient (Wildman–Crippen LogP) is 2.54. The number of carboxylic acids is 1. The van der Waals surface area contributed by atoms with Gasteiger partial charge in [0.1, 0.15) is 6.04 Å². The van der Waals surface area contributed by atoms with E-state index >= 15 is 0 Å². The number of hydrogen-bond acceptors (Lipinski definition) is 8. The summed E-state index contributed by atoms with van der Waals surface area (Å²) in [5.74, 6) is -3.44. The monoisotopic (exact) mass is 423 g/mol. The Morgan fingerprint density at radius 3 is 1.97 bits per heavy atom. The van der Waals surface area contributed by atoms with Crippen LogP contribution < -0.4 is 15.2 Å². The van der Waals surface area contributed by atoms with Crippen molar-refractivity contribution in [3.63, 3.8) is 0 Å². The summed E-state index contributed by atoms with van der Waals surface area (Å²) in [5.41, 5.74) is 6.33. The largest absolute Gasteiger partial charge is 0.480 e. The smallest absolute Gasteiger partial charge is 0.321 e. The van der Waals surface area contributed by atoms with Gasteiger partial charge in [0.2, 0.25) is 0 Å². The highest BCUT2D eigenvalue weighted by atomic mass is 16.6. The van der Waals surface area contributed by atoms with Gasteiger partial charge >= 0.3 is 23.9 Å². The number of aliphatic carboxylic acids is 1. The van der Waals surface area contributed by atoms with Gasteiger partial charge in [-0.15, -0.1) is 0 Å². The molecule has 0 bridgehead atoms. The second kappa shape index (κ2) is 11.9. The molecule has 0 fully saturated rings. The molecule has 0 aliphatic rings. The second-order valence-electron chi connectivity index (χ2n) is 6.72. The van der Waals surface area contributed by atoms with Crippen LogP contribution in [0.4, 0.5) is 0 Å². The van der Waals surface area contributed by atoms with Crippen molar-refractivity contribution >= 4 is 23.9 Å². The third-order valence-electron chi connectivity index (χ3n) is 4.35. The molecule has 0 spiro atoms. The van der Waals surface area contributed by atoms with Crippen LogP contribution in [0.15, 0.2) is 18.2 Å². The summed E-state index contributed by atoms with van der Waals surface area (Å²) in [7, 11) is 0. The quantitative estimate of drug-likeness (QED) is 0.405. The summed E-state index contributed by atoms with van der Waals surface area (Å²) in [6.45, 7) is 6.52. The summed E-state index contributed by atoms with van der Waals surface area (Å²) < 4.78 is 15.7. The van der Waals surface area contributed by atoms with E-state index < -0.39 is 41.9 Å². The molecule has 0 aliphatic carbocycles. The SMILES string of the molecule is CCC(=O)Oc1ccc(C(CC(C)OC(=O)CC)[C@H](N)C(=O)O)cc1OC(=O)CC. The van der Waals surface area contributed by atoms with Gasteiger partial charge in [-0.25, -0.2) is 0 Å². The third kappa shape index (κ3) is 7.47. The topological polar surface area (TPSA) is 142 Å². The molecule has 0 amide bonds. The average molecular weight is 423 g/mol. The van der Waals surface area contributed by atoms with Crippen molar-refractivity contribution < 1.29 is 38.5 Å². The molecule has 1 aromatic carbocycles. The van der Waals surface area contributed by atoms with E-state index in [9.17, 15) is 24.3 Å². The summed E-state index contributed by atoms with van der Waals surface area (Å²) in [6, 6.07) is 3.09. The molecule has 0 radical (unpaired) electrons. The highest BCUT2D eigenvalue weighted by Gasteiger charge is 2.30. The lowest BCUT2D eigenvalue weighted by Gasteiger charge is -2.25. The van der Waals surface area contributed by atoms with Crippen molar-refractivity contribution in [2.75, 3.05) is 0 Å². The van der Waals surface area contributed by atoms with Gasteiger partial charge in [-0.3, -0.25) is 19.2 Å². The molecule has 0 saturated heterocycles. The summed E-state index contributed by atoms with van der Waals surface area (Å²) in [6.07, 6.45) is -0.0567. The zero-order valence-electron chi connectivity index (χ0n) is 17.7. The highest BCUT2D eigenvalue weighted by Crippen LogP contribution is 2.35. The summed E-state index contributed by atoms with van der Waals surface area (Å²) in [5, 5.41) is 9.43. The van der Waals surface area contributed by atoms with Gasteiger partial charge in [0, 0.05) is 25.2 Å². The van der Waals surface area contributed by atoms with Gasteiger partial charge in [-0.1, -0.05) is 26.8 Å². The van der Waals surface area contributed by atoms with Crippen LogP contribution in [-0.4, -0.2) is 41.1 Å². The first-order valence-corrected chi connectivity index (χ1v) is 9.85. The Morgan fingerprint density at radius 1 is 0.933 bits per heavy atom. The maximum absolute atomic E-state index is 11.8. The molecular formula is C21H29NO8. The van der Waals surface area contributed by atoms with Gasteiger partial charge in [-0.05, 0) is 31.0 Å². The van der Waals surface area contributed by atoms with E-state index in [1.54, 1.807) is 33.8 Å². The fourth-order valence-corrected chi connectivity index (χ4v) is 2.68. The molecule has 0 saturated carbocycles. The van der Waals surface area contributed by atoms with Crippen LogP contribution in [-0.2, 0) is 23.9 Å². The normalized spacial score (nSPS) is 13.6. The molecule has 1 aromatic rings. The van der Waals surface area contributed by atoms with Crippen LogP contribution in [0.3, 0.4) is 0 Å². The molecule has 30 heavy (non-hydrogen) atoms. The summed E-state index contributed by atoms with van der Waals surface area (Å²) >= 11 is 0. The number of benzene rings is 1. The molecule has 2 unspecified atom stereocenters. The number of carboxylic acid groups (broad SMARTS) is 1. The minimum atomic E-state index is -1.30. The molecule has 0 heterocycles. The van der Waals surface area contributed by atoms with Crippen molar-refractivity contribution in [2.45, 2.75) is 71.4 Å². The minimum absolute atomic E-state index is 0.0121. The van der Waals surface area contributed by atoms with E-state index in [-0.39, 0.29) is 37.2 Å². The van der Waals surface area contributed by atoms with Crippen molar-refractivity contribution in [1.29, 1.82) is 0 Å². The first-order valence-electron chi connectivity index (χ1n) is 9.85. The van der Waals surface area contributed by atoms with Gasteiger partial charge < -0.3 is 25.1 Å². The minimum Gasteiger partial charge on any atom is -0.480 e. The van der Waals surface area contributed by atoms with Gasteiger partial charge in [0.05, 0.1) is 6.10 Å². The Labute approximate surface area is 175 Å². The lowest BCUT2D eigenvalue weighted by molar-refractivity contribution is -0.148. The molecular weight excluding hydrogens is 394 g/mol. The average Bonchev–Trinajstić information content (AvgIpc) is 2.72. The number of esters is 3. The summed E-state index contributed by atoms with van der Waals surface area (Å²) in [4.78, 5) is 46.6. The van der Waals surface area contributed by atoms with Crippen molar-refractivity contribution in [2.24, 2.45) is 5.73 Å². The van der Waals surface area contributed by atoms with E-state index in [1.165, 1.54) is 12.1 Å². The third-order valence-corrected chi connectivity index (χ3v) is 4.35. The fourth-order valence-electron chi connectivity index (χ4n) is 2.68. The first kappa shape index (κ1) is 25.1. The van der Waals surface area contributed by atoms with Crippen LogP contribution in [0.25, 0.3) is 0 Å². The molecule has 0 aromatic heterocycles.